The van der Waals surface area contributed by atoms with Crippen LogP contribution in [-0.4, -0.2) is 48.1 Å². The zero-order valence-corrected chi connectivity index (χ0v) is 14.6. The molecule has 2 amide bonds. The number of hydroxylamine groups is 1. The summed E-state index contributed by atoms with van der Waals surface area (Å²) in [5.74, 6) is -0.139. The zero-order chi connectivity index (χ0) is 18.1. The van der Waals surface area contributed by atoms with Crippen molar-refractivity contribution in [1.29, 1.82) is 0 Å². The highest BCUT2D eigenvalue weighted by molar-refractivity contribution is 5.76. The lowest BCUT2D eigenvalue weighted by atomic mass is 10.1. The van der Waals surface area contributed by atoms with E-state index in [1.54, 1.807) is 5.48 Å². The number of rotatable bonds is 8. The first-order valence-electron chi connectivity index (χ1n) is 8.91. The van der Waals surface area contributed by atoms with Crippen molar-refractivity contribution in [1.82, 2.24) is 10.4 Å². The molecule has 1 aliphatic heterocycles. The number of benzene rings is 1. The average molecular weight is 348 g/mol. The average Bonchev–Trinajstić information content (AvgIpc) is 2.65. The molecule has 0 spiro atoms. The molecule has 1 heterocycles. The van der Waals surface area contributed by atoms with E-state index in [2.05, 4.69) is 4.90 Å². The van der Waals surface area contributed by atoms with Gasteiger partial charge in [-0.2, -0.15) is 0 Å². The van der Waals surface area contributed by atoms with Gasteiger partial charge in [-0.3, -0.25) is 14.8 Å². The van der Waals surface area contributed by atoms with Crippen molar-refractivity contribution in [3.63, 3.8) is 0 Å². The van der Waals surface area contributed by atoms with Gasteiger partial charge in [0.15, 0.2) is 0 Å². The molecule has 1 aromatic carbocycles. The highest BCUT2D eigenvalue weighted by Crippen LogP contribution is 2.18. The standard InChI is InChI=1S/C18H28N4O3/c19-15-7-9-16(10-8-15)21-11-13-22(14-12-21)18(24)6-4-2-1-3-5-17(23)20-25/h7-10,25H,1-6,11-14,19H2,(H,20,23). The van der Waals surface area contributed by atoms with Crippen molar-refractivity contribution in [3.05, 3.63) is 24.3 Å². The monoisotopic (exact) mass is 348 g/mol. The first-order valence-corrected chi connectivity index (χ1v) is 8.91. The number of nitrogens with zero attached hydrogens (tertiary/aromatic N) is 2. The predicted octanol–water partition coefficient (Wildman–Crippen LogP) is 1.76. The molecule has 0 unspecified atom stereocenters. The van der Waals surface area contributed by atoms with Crippen LogP contribution in [0.5, 0.6) is 0 Å². The van der Waals surface area contributed by atoms with Gasteiger partial charge in [0.05, 0.1) is 0 Å². The largest absolute Gasteiger partial charge is 0.399 e. The fraction of sp³-hybridized carbons (Fsp3) is 0.556. The maximum atomic E-state index is 12.3. The van der Waals surface area contributed by atoms with Crippen molar-refractivity contribution >= 4 is 23.2 Å². The molecule has 7 nitrogen and oxygen atoms in total. The van der Waals surface area contributed by atoms with Gasteiger partial charge in [0, 0.05) is 50.4 Å². The van der Waals surface area contributed by atoms with E-state index in [0.29, 0.717) is 12.8 Å². The Morgan fingerprint density at radius 3 is 2.16 bits per heavy atom. The second-order valence-corrected chi connectivity index (χ2v) is 6.41. The summed E-state index contributed by atoms with van der Waals surface area (Å²) >= 11 is 0. The zero-order valence-electron chi connectivity index (χ0n) is 14.6. The van der Waals surface area contributed by atoms with Crippen LogP contribution in [0.25, 0.3) is 0 Å². The highest BCUT2D eigenvalue weighted by atomic mass is 16.5. The van der Waals surface area contributed by atoms with Gasteiger partial charge >= 0.3 is 0 Å². The minimum Gasteiger partial charge on any atom is -0.399 e. The molecule has 1 aliphatic rings. The molecule has 7 heteroatoms. The normalized spacial score (nSPS) is 14.4. The van der Waals surface area contributed by atoms with Gasteiger partial charge in [-0.25, -0.2) is 5.48 Å². The van der Waals surface area contributed by atoms with Crippen LogP contribution in [0.2, 0.25) is 0 Å². The quantitative estimate of drug-likeness (QED) is 0.288. The lowest BCUT2D eigenvalue weighted by molar-refractivity contribution is -0.132. The van der Waals surface area contributed by atoms with E-state index in [1.165, 1.54) is 0 Å². The number of nitrogens with two attached hydrogens (primary N) is 1. The SMILES string of the molecule is Nc1ccc(N2CCN(C(=O)CCCCCCC(=O)NO)CC2)cc1. The number of carbonyl (C=O) groups is 2. The Balaban J connectivity index is 1.61. The second kappa shape index (κ2) is 9.88. The van der Waals surface area contributed by atoms with Gasteiger partial charge < -0.3 is 15.5 Å². The summed E-state index contributed by atoms with van der Waals surface area (Å²) in [6, 6.07) is 7.84. The number of unbranched alkanes of at least 4 members (excludes halogenated alkanes) is 3. The van der Waals surface area contributed by atoms with Crippen LogP contribution < -0.4 is 16.1 Å². The Morgan fingerprint density at radius 1 is 0.960 bits per heavy atom. The van der Waals surface area contributed by atoms with Crippen LogP contribution in [0, 0.1) is 0 Å². The number of anilines is 2. The number of nitrogen functional groups attached to an aromatic ring is 1. The molecular formula is C18H28N4O3. The second-order valence-electron chi connectivity index (χ2n) is 6.41. The van der Waals surface area contributed by atoms with E-state index >= 15 is 0 Å². The fourth-order valence-electron chi connectivity index (χ4n) is 3.03. The fourth-order valence-corrected chi connectivity index (χ4v) is 3.03. The van der Waals surface area contributed by atoms with Gasteiger partial charge in [0.1, 0.15) is 0 Å². The molecule has 2 rings (SSSR count). The van der Waals surface area contributed by atoms with Crippen molar-refractivity contribution in [2.45, 2.75) is 38.5 Å². The van der Waals surface area contributed by atoms with Crippen LogP contribution in [0.15, 0.2) is 24.3 Å². The third-order valence-corrected chi connectivity index (χ3v) is 4.56. The summed E-state index contributed by atoms with van der Waals surface area (Å²) in [5.41, 5.74) is 9.25. The van der Waals surface area contributed by atoms with Crippen LogP contribution in [0.4, 0.5) is 11.4 Å². The van der Waals surface area contributed by atoms with Gasteiger partial charge in [-0.05, 0) is 37.1 Å². The topological polar surface area (TPSA) is 98.9 Å². The number of piperazine rings is 1. The molecule has 0 radical (unpaired) electrons. The summed E-state index contributed by atoms with van der Waals surface area (Å²) in [7, 11) is 0. The van der Waals surface area contributed by atoms with Gasteiger partial charge in [0.25, 0.3) is 0 Å². The molecule has 25 heavy (non-hydrogen) atoms. The van der Waals surface area contributed by atoms with Crippen molar-refractivity contribution in [2.24, 2.45) is 0 Å². The maximum absolute atomic E-state index is 12.3. The first-order chi connectivity index (χ1) is 12.1. The highest BCUT2D eigenvalue weighted by Gasteiger charge is 2.20. The Labute approximate surface area is 148 Å². The summed E-state index contributed by atoms with van der Waals surface area (Å²) in [6.45, 7) is 3.18. The van der Waals surface area contributed by atoms with Crippen molar-refractivity contribution in [2.75, 3.05) is 36.8 Å². The molecule has 4 N–H and O–H groups in total. The van der Waals surface area contributed by atoms with E-state index in [-0.39, 0.29) is 11.8 Å². The summed E-state index contributed by atoms with van der Waals surface area (Å²) < 4.78 is 0. The molecule has 138 valence electrons. The Morgan fingerprint density at radius 2 is 1.56 bits per heavy atom. The summed E-state index contributed by atoms with van der Waals surface area (Å²) in [4.78, 5) is 27.4. The number of nitrogens with one attached hydrogen (secondary N) is 1. The van der Waals surface area contributed by atoms with E-state index in [4.69, 9.17) is 10.9 Å². The summed E-state index contributed by atoms with van der Waals surface area (Å²) in [5, 5.41) is 8.40. The minimum atomic E-state index is -0.352. The number of hydrogen-bond acceptors (Lipinski definition) is 5. The maximum Gasteiger partial charge on any atom is 0.243 e. The van der Waals surface area contributed by atoms with Crippen LogP contribution >= 0.6 is 0 Å². The lowest BCUT2D eigenvalue weighted by Gasteiger charge is -2.36. The molecule has 0 saturated carbocycles. The van der Waals surface area contributed by atoms with Crippen molar-refractivity contribution in [3.8, 4) is 0 Å². The van der Waals surface area contributed by atoms with E-state index in [1.807, 2.05) is 29.2 Å². The predicted molar refractivity (Wildman–Crippen MR) is 97.3 cm³/mol. The molecule has 0 aliphatic carbocycles. The van der Waals surface area contributed by atoms with Crippen LogP contribution in [0.1, 0.15) is 38.5 Å². The van der Waals surface area contributed by atoms with Crippen LogP contribution in [0.3, 0.4) is 0 Å². The molecule has 1 fully saturated rings. The molecule has 0 bridgehead atoms. The van der Waals surface area contributed by atoms with E-state index < -0.39 is 0 Å². The number of amides is 2. The molecule has 0 atom stereocenters. The Hall–Kier alpha value is -2.28. The number of carbonyl (C=O) groups excluding carboxylic acids is 2. The number of hydrogen-bond donors (Lipinski definition) is 3. The van der Waals surface area contributed by atoms with Crippen molar-refractivity contribution < 1.29 is 14.8 Å². The van der Waals surface area contributed by atoms with E-state index in [9.17, 15) is 9.59 Å². The molecular weight excluding hydrogens is 320 g/mol. The first kappa shape index (κ1) is 19.1. The smallest absolute Gasteiger partial charge is 0.243 e. The Kier molecular flexibility index (Phi) is 7.53. The molecule has 0 aromatic heterocycles. The van der Waals surface area contributed by atoms with Gasteiger partial charge in [-0.15, -0.1) is 0 Å². The lowest BCUT2D eigenvalue weighted by Crippen LogP contribution is -2.48. The Bertz CT molecular complexity index is 554. The van der Waals surface area contributed by atoms with Gasteiger partial charge in [-0.1, -0.05) is 12.8 Å². The van der Waals surface area contributed by atoms with Crippen LogP contribution in [-0.2, 0) is 9.59 Å². The van der Waals surface area contributed by atoms with E-state index in [0.717, 1.165) is 63.2 Å². The molecule has 1 saturated heterocycles. The van der Waals surface area contributed by atoms with Gasteiger partial charge in [0.2, 0.25) is 11.8 Å². The third-order valence-electron chi connectivity index (χ3n) is 4.56. The summed E-state index contributed by atoms with van der Waals surface area (Å²) in [6.07, 6.45) is 4.30. The third kappa shape index (κ3) is 6.26. The minimum absolute atomic E-state index is 0.213. The molecule has 1 aromatic rings.